The average molecular weight is 255 g/mol. The van der Waals surface area contributed by atoms with E-state index < -0.39 is 0 Å². The van der Waals surface area contributed by atoms with E-state index in [1.165, 1.54) is 52.4 Å². The van der Waals surface area contributed by atoms with Gasteiger partial charge in [-0.25, -0.2) is 4.90 Å². The molecule has 0 aliphatic carbocycles. The van der Waals surface area contributed by atoms with Gasteiger partial charge in [0.05, 0.1) is 19.6 Å². The van der Waals surface area contributed by atoms with Crippen LogP contribution < -0.4 is 4.90 Å². The summed E-state index contributed by atoms with van der Waals surface area (Å²) in [6, 6.07) is 0. The predicted molar refractivity (Wildman–Crippen MR) is 75.7 cm³/mol. The van der Waals surface area contributed by atoms with Crippen LogP contribution in [-0.2, 0) is 0 Å². The van der Waals surface area contributed by atoms with Gasteiger partial charge in [0.2, 0.25) is 0 Å². The topological polar surface area (TPSA) is 14.2 Å². The van der Waals surface area contributed by atoms with Crippen molar-refractivity contribution in [1.29, 1.82) is 0 Å². The van der Waals surface area contributed by atoms with E-state index in [0.29, 0.717) is 0 Å². The molecule has 3 unspecified atom stereocenters. The second kappa shape index (κ2) is 6.33. The Balaban J connectivity index is 0.000000277. The summed E-state index contributed by atoms with van der Waals surface area (Å²) in [6.45, 7) is 18.7. The summed E-state index contributed by atoms with van der Waals surface area (Å²) in [4.78, 5) is 10.0. The molecule has 4 aliphatic heterocycles. The lowest BCUT2D eigenvalue weighted by Gasteiger charge is -2.46. The molecule has 0 aromatic rings. The number of hydrogen-bond donors (Lipinski definition) is 1. The molecule has 106 valence electrons. The number of quaternary nitrogens is 1. The van der Waals surface area contributed by atoms with E-state index >= 15 is 0 Å². The van der Waals surface area contributed by atoms with Crippen LogP contribution >= 0.6 is 0 Å². The Bertz CT molecular complexity index is 208. The maximum absolute atomic E-state index is 2.73. The third-order valence-corrected chi connectivity index (χ3v) is 4.63. The maximum atomic E-state index is 2.73. The highest BCUT2D eigenvalue weighted by Gasteiger charge is 2.54. The fourth-order valence-corrected chi connectivity index (χ4v) is 3.94. The first-order valence-electron chi connectivity index (χ1n) is 8.00. The molecular weight excluding hydrogens is 224 g/mol. The van der Waals surface area contributed by atoms with Crippen molar-refractivity contribution in [3.05, 3.63) is 0 Å². The molecule has 4 heteroatoms. The predicted octanol–water partition coefficient (Wildman–Crippen LogP) is -0.464. The van der Waals surface area contributed by atoms with Crippen molar-refractivity contribution in [2.75, 3.05) is 52.4 Å². The van der Waals surface area contributed by atoms with Gasteiger partial charge in [0, 0.05) is 32.7 Å². The van der Waals surface area contributed by atoms with Crippen molar-refractivity contribution in [2.24, 2.45) is 0 Å². The van der Waals surface area contributed by atoms with Gasteiger partial charge in [-0.3, -0.25) is 9.80 Å². The molecule has 0 aromatic heterocycles. The largest absolute Gasteiger partial charge is 0.315 e. The minimum atomic E-state index is 0.773. The highest BCUT2D eigenvalue weighted by Crippen LogP contribution is 2.25. The Morgan fingerprint density at radius 2 is 1.11 bits per heavy atom. The third kappa shape index (κ3) is 2.20. The van der Waals surface area contributed by atoms with Crippen molar-refractivity contribution in [3.8, 4) is 0 Å². The molecule has 1 N–H and O–H groups in total. The number of nitrogens with one attached hydrogen (secondary N) is 1. The van der Waals surface area contributed by atoms with Crippen LogP contribution in [-0.4, -0.2) is 79.4 Å². The molecule has 4 rings (SSSR count). The molecule has 0 bridgehead atoms. The highest BCUT2D eigenvalue weighted by molar-refractivity contribution is 4.94. The molecule has 0 radical (unpaired) electrons. The summed E-state index contributed by atoms with van der Waals surface area (Å²) in [5.74, 6) is 0. The minimum Gasteiger partial charge on any atom is -0.315 e. The molecule has 0 spiro atoms. The standard InChI is InChI=1S/C10H18N4.2C2H6/c1-2-12-7-8-14-4-3-13-6-5-11(1)9(12)10(13)14;2*1-2/h9-10H,1-8H2;2*1-2H3/p+1. The van der Waals surface area contributed by atoms with Crippen LogP contribution in [0.3, 0.4) is 0 Å². The van der Waals surface area contributed by atoms with Gasteiger partial charge in [-0.2, -0.15) is 0 Å². The van der Waals surface area contributed by atoms with Crippen LogP contribution in [0.15, 0.2) is 0 Å². The summed E-state index contributed by atoms with van der Waals surface area (Å²) in [5, 5.41) is 0. The monoisotopic (exact) mass is 255 g/mol. The minimum absolute atomic E-state index is 0.773. The van der Waals surface area contributed by atoms with Crippen LogP contribution in [0.1, 0.15) is 27.7 Å². The quantitative estimate of drug-likeness (QED) is 0.630. The summed E-state index contributed by atoms with van der Waals surface area (Å²) < 4.78 is 0. The lowest BCUT2D eigenvalue weighted by atomic mass is 10.2. The maximum Gasteiger partial charge on any atom is 0.173 e. The Morgan fingerprint density at radius 3 is 1.72 bits per heavy atom. The first-order chi connectivity index (χ1) is 8.93. The van der Waals surface area contributed by atoms with Gasteiger partial charge >= 0.3 is 0 Å². The first kappa shape index (κ1) is 14.3. The zero-order valence-electron chi connectivity index (χ0n) is 12.7. The zero-order chi connectivity index (χ0) is 13.1. The molecule has 4 aliphatic rings. The number of piperazine rings is 2. The molecule has 18 heavy (non-hydrogen) atoms. The van der Waals surface area contributed by atoms with Crippen LogP contribution in [0.25, 0.3) is 0 Å². The molecule has 0 amide bonds. The number of rotatable bonds is 0. The van der Waals surface area contributed by atoms with Crippen molar-refractivity contribution in [3.63, 3.8) is 0 Å². The SMILES string of the molecule is C1CN2CC[NH+]3CCN4CCN1C2C43.CC.CC. The zero-order valence-corrected chi connectivity index (χ0v) is 12.7. The molecule has 3 atom stereocenters. The van der Waals surface area contributed by atoms with Gasteiger partial charge in [-0.1, -0.05) is 27.7 Å². The van der Waals surface area contributed by atoms with E-state index in [2.05, 4.69) is 14.7 Å². The Labute approximate surface area is 113 Å². The van der Waals surface area contributed by atoms with E-state index in [-0.39, 0.29) is 0 Å². The van der Waals surface area contributed by atoms with E-state index in [0.717, 1.165) is 12.3 Å². The fraction of sp³-hybridized carbons (Fsp3) is 1.00. The van der Waals surface area contributed by atoms with E-state index in [9.17, 15) is 0 Å². The summed E-state index contributed by atoms with van der Waals surface area (Å²) >= 11 is 0. The van der Waals surface area contributed by atoms with Gasteiger partial charge in [0.1, 0.15) is 6.17 Å². The second-order valence-corrected chi connectivity index (χ2v) is 5.12. The van der Waals surface area contributed by atoms with Crippen molar-refractivity contribution >= 4 is 0 Å². The third-order valence-electron chi connectivity index (χ3n) is 4.63. The fourth-order valence-electron chi connectivity index (χ4n) is 3.94. The molecular formula is C14H31N4+. The van der Waals surface area contributed by atoms with E-state index in [4.69, 9.17) is 0 Å². The molecule has 0 aromatic carbocycles. The van der Waals surface area contributed by atoms with Gasteiger partial charge in [0.15, 0.2) is 6.17 Å². The Morgan fingerprint density at radius 1 is 0.667 bits per heavy atom. The van der Waals surface area contributed by atoms with Crippen LogP contribution in [0.4, 0.5) is 0 Å². The van der Waals surface area contributed by atoms with Gasteiger partial charge < -0.3 is 4.90 Å². The smallest absolute Gasteiger partial charge is 0.173 e. The van der Waals surface area contributed by atoms with Crippen LogP contribution in [0.5, 0.6) is 0 Å². The summed E-state index contributed by atoms with van der Waals surface area (Å²) in [5.41, 5.74) is 0. The van der Waals surface area contributed by atoms with E-state index in [1.807, 2.05) is 32.6 Å². The second-order valence-electron chi connectivity index (χ2n) is 5.12. The summed E-state index contributed by atoms with van der Waals surface area (Å²) in [7, 11) is 0. The number of nitrogens with zero attached hydrogens (tertiary/aromatic N) is 3. The van der Waals surface area contributed by atoms with Crippen LogP contribution in [0.2, 0.25) is 0 Å². The lowest BCUT2D eigenvalue weighted by molar-refractivity contribution is -0.929. The normalized spacial score (nSPS) is 38.3. The lowest BCUT2D eigenvalue weighted by Crippen LogP contribution is -3.19. The molecule has 0 saturated carbocycles. The Hall–Kier alpha value is -0.160. The van der Waals surface area contributed by atoms with Crippen molar-refractivity contribution < 1.29 is 4.90 Å². The number of hydrogen-bond acceptors (Lipinski definition) is 3. The average Bonchev–Trinajstić information content (AvgIpc) is 3.04. The highest BCUT2D eigenvalue weighted by atomic mass is 15.6. The summed E-state index contributed by atoms with van der Waals surface area (Å²) in [6.07, 6.45) is 1.59. The van der Waals surface area contributed by atoms with E-state index in [1.54, 1.807) is 0 Å². The molecule has 4 heterocycles. The van der Waals surface area contributed by atoms with Gasteiger partial charge in [-0.15, -0.1) is 0 Å². The van der Waals surface area contributed by atoms with Crippen LogP contribution in [0, 0.1) is 0 Å². The molecule has 4 nitrogen and oxygen atoms in total. The van der Waals surface area contributed by atoms with Gasteiger partial charge in [0.25, 0.3) is 0 Å². The molecule has 4 saturated heterocycles. The molecule has 4 fully saturated rings. The van der Waals surface area contributed by atoms with Crippen molar-refractivity contribution in [1.82, 2.24) is 14.7 Å². The first-order valence-corrected chi connectivity index (χ1v) is 8.00. The Kier molecular flexibility index (Phi) is 5.01. The van der Waals surface area contributed by atoms with Crippen molar-refractivity contribution in [2.45, 2.75) is 40.0 Å². The van der Waals surface area contributed by atoms with Gasteiger partial charge in [-0.05, 0) is 0 Å².